The summed E-state index contributed by atoms with van der Waals surface area (Å²) in [6.07, 6.45) is 1.74. The molecule has 0 atom stereocenters. The quantitative estimate of drug-likeness (QED) is 0.757. The highest BCUT2D eigenvalue weighted by atomic mass is 14.9. The van der Waals surface area contributed by atoms with Gasteiger partial charge in [0.25, 0.3) is 0 Å². The molecule has 0 aliphatic carbocycles. The molecule has 0 fully saturated rings. The van der Waals surface area contributed by atoms with Crippen molar-refractivity contribution in [3.05, 3.63) is 54.4 Å². The predicted molar refractivity (Wildman–Crippen MR) is 80.2 cm³/mol. The molecule has 3 nitrogen and oxygen atoms in total. The summed E-state index contributed by atoms with van der Waals surface area (Å²) in [5.41, 5.74) is 1.31. The third kappa shape index (κ3) is 2.06. The van der Waals surface area contributed by atoms with Crippen LogP contribution in [0.5, 0.6) is 0 Å². The molecule has 0 amide bonds. The van der Waals surface area contributed by atoms with Gasteiger partial charge in [-0.25, -0.2) is 4.98 Å². The fourth-order valence-corrected chi connectivity index (χ4v) is 2.18. The first-order valence-electron chi connectivity index (χ1n) is 6.56. The first kappa shape index (κ1) is 12.4. The van der Waals surface area contributed by atoms with Crippen LogP contribution in [-0.2, 0) is 5.41 Å². The Kier molecular flexibility index (Phi) is 2.80. The summed E-state index contributed by atoms with van der Waals surface area (Å²) < 4.78 is 0. The van der Waals surface area contributed by atoms with E-state index in [4.69, 9.17) is 0 Å². The molecule has 1 aromatic heterocycles. The topological polar surface area (TPSA) is 52.5 Å². The lowest BCUT2D eigenvalue weighted by molar-refractivity contribution is 0.665. The number of hydrogen-bond donors (Lipinski definition) is 1. The van der Waals surface area contributed by atoms with Crippen LogP contribution in [0.1, 0.15) is 19.5 Å². The molecule has 0 aliphatic heterocycles. The normalized spacial score (nSPS) is 11.4. The monoisotopic (exact) mass is 261 g/mol. The Bertz CT molecular complexity index is 806. The molecule has 0 radical (unpaired) electrons. The van der Waals surface area contributed by atoms with E-state index in [9.17, 15) is 5.26 Å². The van der Waals surface area contributed by atoms with Gasteiger partial charge < -0.3 is 4.98 Å². The average Bonchev–Trinajstić information content (AvgIpc) is 2.97. The molecule has 0 saturated carbocycles. The van der Waals surface area contributed by atoms with E-state index in [-0.39, 0.29) is 0 Å². The summed E-state index contributed by atoms with van der Waals surface area (Å²) >= 11 is 0. The number of hydrogen-bond acceptors (Lipinski definition) is 2. The summed E-state index contributed by atoms with van der Waals surface area (Å²) in [4.78, 5) is 7.65. The summed E-state index contributed by atoms with van der Waals surface area (Å²) in [5.74, 6) is 0.800. The van der Waals surface area contributed by atoms with Gasteiger partial charge in [0, 0.05) is 5.56 Å². The molecular formula is C17H15N3. The number of aromatic amines is 1. The zero-order valence-corrected chi connectivity index (χ0v) is 11.5. The minimum Gasteiger partial charge on any atom is -0.341 e. The number of fused-ring (bicyclic) bond motifs is 1. The van der Waals surface area contributed by atoms with Crippen LogP contribution in [0.25, 0.3) is 22.2 Å². The summed E-state index contributed by atoms with van der Waals surface area (Å²) in [7, 11) is 0. The van der Waals surface area contributed by atoms with Crippen molar-refractivity contribution in [3.63, 3.8) is 0 Å². The molecule has 20 heavy (non-hydrogen) atoms. The van der Waals surface area contributed by atoms with E-state index in [0.717, 1.165) is 17.1 Å². The third-order valence-electron chi connectivity index (χ3n) is 3.55. The SMILES string of the molecule is CC(C)(C#N)c1cnc(-c2ccc3ccccc3c2)[nH]1. The molecule has 98 valence electrons. The van der Waals surface area contributed by atoms with Crippen LogP contribution in [0.4, 0.5) is 0 Å². The van der Waals surface area contributed by atoms with E-state index in [1.807, 2.05) is 32.0 Å². The highest BCUT2D eigenvalue weighted by Crippen LogP contribution is 2.26. The number of benzene rings is 2. The van der Waals surface area contributed by atoms with Crippen LogP contribution in [0.3, 0.4) is 0 Å². The van der Waals surface area contributed by atoms with Gasteiger partial charge in [0.1, 0.15) is 5.82 Å². The molecule has 3 aromatic rings. The van der Waals surface area contributed by atoms with Crippen molar-refractivity contribution in [2.24, 2.45) is 0 Å². The van der Waals surface area contributed by atoms with Gasteiger partial charge in [-0.15, -0.1) is 0 Å². The predicted octanol–water partition coefficient (Wildman–Crippen LogP) is 4.03. The molecule has 1 N–H and O–H groups in total. The minimum absolute atomic E-state index is 0.553. The molecule has 1 heterocycles. The van der Waals surface area contributed by atoms with E-state index in [2.05, 4.69) is 40.3 Å². The van der Waals surface area contributed by atoms with Crippen molar-refractivity contribution in [1.29, 1.82) is 5.26 Å². The second-order valence-electron chi connectivity index (χ2n) is 5.44. The van der Waals surface area contributed by atoms with Gasteiger partial charge in [-0.3, -0.25) is 0 Å². The Morgan fingerprint density at radius 1 is 1.10 bits per heavy atom. The van der Waals surface area contributed by atoms with E-state index >= 15 is 0 Å². The van der Waals surface area contributed by atoms with Crippen LogP contribution in [-0.4, -0.2) is 9.97 Å². The van der Waals surface area contributed by atoms with Crippen molar-refractivity contribution in [3.8, 4) is 17.5 Å². The lowest BCUT2D eigenvalue weighted by atomic mass is 9.92. The first-order valence-corrected chi connectivity index (χ1v) is 6.56. The van der Waals surface area contributed by atoms with E-state index < -0.39 is 5.41 Å². The van der Waals surface area contributed by atoms with Gasteiger partial charge in [0.05, 0.1) is 23.4 Å². The molecule has 0 spiro atoms. The molecule has 0 aliphatic rings. The fourth-order valence-electron chi connectivity index (χ4n) is 2.18. The van der Waals surface area contributed by atoms with Crippen LogP contribution in [0.2, 0.25) is 0 Å². The Labute approximate surface area is 117 Å². The van der Waals surface area contributed by atoms with Crippen LogP contribution >= 0.6 is 0 Å². The summed E-state index contributed by atoms with van der Waals surface area (Å²) in [6, 6.07) is 16.8. The number of H-pyrrole nitrogens is 1. The number of nitrogens with one attached hydrogen (secondary N) is 1. The number of rotatable bonds is 2. The Hall–Kier alpha value is -2.60. The Balaban J connectivity index is 2.06. The van der Waals surface area contributed by atoms with Gasteiger partial charge in [-0.05, 0) is 30.7 Å². The van der Waals surface area contributed by atoms with E-state index in [1.54, 1.807) is 6.20 Å². The largest absolute Gasteiger partial charge is 0.341 e. The summed E-state index contributed by atoms with van der Waals surface area (Å²) in [5, 5.41) is 11.6. The number of aromatic nitrogens is 2. The molecule has 3 heteroatoms. The molecule has 0 unspecified atom stereocenters. The van der Waals surface area contributed by atoms with Crippen molar-refractivity contribution in [2.75, 3.05) is 0 Å². The highest BCUT2D eigenvalue weighted by Gasteiger charge is 2.22. The van der Waals surface area contributed by atoms with Gasteiger partial charge in [-0.1, -0.05) is 36.4 Å². The van der Waals surface area contributed by atoms with Crippen LogP contribution < -0.4 is 0 Å². The fraction of sp³-hybridized carbons (Fsp3) is 0.176. The molecule has 0 saturated heterocycles. The minimum atomic E-state index is -0.553. The first-order chi connectivity index (χ1) is 9.60. The Morgan fingerprint density at radius 3 is 2.60 bits per heavy atom. The van der Waals surface area contributed by atoms with Crippen molar-refractivity contribution in [2.45, 2.75) is 19.3 Å². The lowest BCUT2D eigenvalue weighted by Crippen LogP contribution is -2.14. The van der Waals surface area contributed by atoms with Gasteiger partial charge in [0.15, 0.2) is 0 Å². The van der Waals surface area contributed by atoms with E-state index in [0.29, 0.717) is 0 Å². The number of imidazole rings is 1. The maximum absolute atomic E-state index is 9.17. The zero-order chi connectivity index (χ0) is 14.2. The van der Waals surface area contributed by atoms with Crippen molar-refractivity contribution in [1.82, 2.24) is 9.97 Å². The van der Waals surface area contributed by atoms with Gasteiger partial charge in [-0.2, -0.15) is 5.26 Å². The Morgan fingerprint density at radius 2 is 1.85 bits per heavy atom. The smallest absolute Gasteiger partial charge is 0.137 e. The van der Waals surface area contributed by atoms with Gasteiger partial charge >= 0.3 is 0 Å². The second kappa shape index (κ2) is 4.50. The number of nitrogens with zero attached hydrogens (tertiary/aromatic N) is 2. The van der Waals surface area contributed by atoms with Crippen LogP contribution in [0.15, 0.2) is 48.7 Å². The maximum atomic E-state index is 9.17. The molecule has 0 bridgehead atoms. The van der Waals surface area contributed by atoms with Gasteiger partial charge in [0.2, 0.25) is 0 Å². The highest BCUT2D eigenvalue weighted by molar-refractivity contribution is 5.86. The van der Waals surface area contributed by atoms with Crippen molar-refractivity contribution >= 4 is 10.8 Å². The second-order valence-corrected chi connectivity index (χ2v) is 5.44. The summed E-state index contributed by atoms with van der Waals surface area (Å²) in [6.45, 7) is 3.76. The zero-order valence-electron chi connectivity index (χ0n) is 11.5. The maximum Gasteiger partial charge on any atom is 0.137 e. The molecular weight excluding hydrogens is 246 g/mol. The average molecular weight is 261 g/mol. The third-order valence-corrected chi connectivity index (χ3v) is 3.55. The van der Waals surface area contributed by atoms with E-state index in [1.165, 1.54) is 10.8 Å². The molecule has 3 rings (SSSR count). The molecule has 2 aromatic carbocycles. The van der Waals surface area contributed by atoms with Crippen molar-refractivity contribution < 1.29 is 0 Å². The van der Waals surface area contributed by atoms with Crippen LogP contribution in [0, 0.1) is 11.3 Å². The standard InChI is InChI=1S/C17H15N3/c1-17(2,11-18)15-10-19-16(20-15)14-8-7-12-5-3-4-6-13(12)9-14/h3-10H,1-2H3,(H,19,20). The lowest BCUT2D eigenvalue weighted by Gasteiger charge is -2.11. The number of nitriles is 1.